The standard InChI is InChI=1S/C16H22O3S/c1-15(2,3)19-14(17)16(4)7-10-11-8-5-6-9(18-8)12(11)13(16)20-10/h5-6,8-13H,7H2,1-4H3. The molecule has 0 aliphatic carbocycles. The fourth-order valence-electron chi connectivity index (χ4n) is 4.46. The lowest BCUT2D eigenvalue weighted by molar-refractivity contribution is -0.168. The quantitative estimate of drug-likeness (QED) is 0.550. The third kappa shape index (κ3) is 1.61. The molecule has 3 nitrogen and oxygen atoms in total. The summed E-state index contributed by atoms with van der Waals surface area (Å²) in [6.07, 6.45) is 5.89. The fourth-order valence-corrected chi connectivity index (χ4v) is 6.81. The summed E-state index contributed by atoms with van der Waals surface area (Å²) < 4.78 is 11.7. The lowest BCUT2D eigenvalue weighted by atomic mass is 9.63. The largest absolute Gasteiger partial charge is 0.460 e. The van der Waals surface area contributed by atoms with Crippen molar-refractivity contribution in [1.82, 2.24) is 0 Å². The minimum absolute atomic E-state index is 0.0183. The predicted molar refractivity (Wildman–Crippen MR) is 78.5 cm³/mol. The van der Waals surface area contributed by atoms with E-state index >= 15 is 0 Å². The van der Waals surface area contributed by atoms with Crippen molar-refractivity contribution in [3.05, 3.63) is 12.2 Å². The maximum Gasteiger partial charge on any atom is 0.313 e. The number of hydrogen-bond donors (Lipinski definition) is 0. The van der Waals surface area contributed by atoms with E-state index in [9.17, 15) is 4.79 Å². The maximum atomic E-state index is 12.7. The molecule has 0 spiro atoms. The molecule has 3 saturated heterocycles. The van der Waals surface area contributed by atoms with Crippen molar-refractivity contribution in [3.63, 3.8) is 0 Å². The highest BCUT2D eigenvalue weighted by Crippen LogP contribution is 2.67. The molecule has 4 rings (SSSR count). The van der Waals surface area contributed by atoms with Gasteiger partial charge in [0, 0.05) is 22.3 Å². The summed E-state index contributed by atoms with van der Waals surface area (Å²) in [7, 11) is 0. The number of esters is 1. The van der Waals surface area contributed by atoms with E-state index in [1.54, 1.807) is 0 Å². The number of ether oxygens (including phenoxy) is 2. The van der Waals surface area contributed by atoms with Crippen LogP contribution in [0.1, 0.15) is 34.1 Å². The molecule has 7 unspecified atom stereocenters. The van der Waals surface area contributed by atoms with Gasteiger partial charge in [-0.1, -0.05) is 12.2 Å². The van der Waals surface area contributed by atoms with Crippen LogP contribution in [0.25, 0.3) is 0 Å². The summed E-state index contributed by atoms with van der Waals surface area (Å²) in [5.41, 5.74) is -0.747. The van der Waals surface area contributed by atoms with E-state index in [1.165, 1.54) is 0 Å². The average Bonchev–Trinajstić information content (AvgIpc) is 3.02. The number of fused-ring (bicyclic) bond motifs is 9. The van der Waals surface area contributed by atoms with Crippen molar-refractivity contribution in [2.75, 3.05) is 0 Å². The molecule has 4 heterocycles. The van der Waals surface area contributed by atoms with E-state index < -0.39 is 5.60 Å². The Morgan fingerprint density at radius 2 is 1.95 bits per heavy atom. The van der Waals surface area contributed by atoms with Gasteiger partial charge < -0.3 is 9.47 Å². The Morgan fingerprint density at radius 1 is 1.30 bits per heavy atom. The average molecular weight is 294 g/mol. The third-order valence-electron chi connectivity index (χ3n) is 5.23. The second-order valence-corrected chi connectivity index (χ2v) is 9.21. The molecule has 0 radical (unpaired) electrons. The molecule has 0 amide bonds. The molecule has 20 heavy (non-hydrogen) atoms. The minimum atomic E-state index is -0.406. The smallest absolute Gasteiger partial charge is 0.313 e. The van der Waals surface area contributed by atoms with Crippen LogP contribution in [0.4, 0.5) is 0 Å². The zero-order valence-electron chi connectivity index (χ0n) is 12.5. The van der Waals surface area contributed by atoms with Gasteiger partial charge in [0.15, 0.2) is 0 Å². The number of carbonyl (C=O) groups is 1. The van der Waals surface area contributed by atoms with Crippen molar-refractivity contribution < 1.29 is 14.3 Å². The first-order valence-electron chi connectivity index (χ1n) is 7.52. The van der Waals surface area contributed by atoms with Crippen molar-refractivity contribution in [3.8, 4) is 0 Å². The molecule has 4 aliphatic rings. The Balaban J connectivity index is 1.61. The highest BCUT2D eigenvalue weighted by atomic mass is 32.2. The normalized spacial score (nSPS) is 51.6. The van der Waals surface area contributed by atoms with Gasteiger partial charge in [0.05, 0.1) is 17.6 Å². The lowest BCUT2D eigenvalue weighted by Crippen LogP contribution is -2.49. The monoisotopic (exact) mass is 294 g/mol. The second-order valence-electron chi connectivity index (χ2n) is 7.82. The van der Waals surface area contributed by atoms with Crippen molar-refractivity contribution in [2.45, 2.75) is 62.4 Å². The van der Waals surface area contributed by atoms with Gasteiger partial charge >= 0.3 is 5.97 Å². The van der Waals surface area contributed by atoms with E-state index in [-0.39, 0.29) is 17.5 Å². The summed E-state index contributed by atoms with van der Waals surface area (Å²) in [6, 6.07) is 0. The summed E-state index contributed by atoms with van der Waals surface area (Å²) in [6.45, 7) is 7.94. The summed E-state index contributed by atoms with van der Waals surface area (Å²) in [4.78, 5) is 12.7. The summed E-state index contributed by atoms with van der Waals surface area (Å²) in [5.74, 6) is 1.11. The van der Waals surface area contributed by atoms with Crippen LogP contribution in [0.3, 0.4) is 0 Å². The Morgan fingerprint density at radius 3 is 2.60 bits per heavy atom. The van der Waals surface area contributed by atoms with Crippen LogP contribution in [-0.4, -0.2) is 34.3 Å². The van der Waals surface area contributed by atoms with Crippen LogP contribution in [0.2, 0.25) is 0 Å². The molecule has 4 aliphatic heterocycles. The van der Waals surface area contributed by atoms with Gasteiger partial charge in [-0.2, -0.15) is 11.8 Å². The summed E-state index contributed by atoms with van der Waals surface area (Å²) in [5, 5.41) is 0.912. The van der Waals surface area contributed by atoms with E-state index in [0.29, 0.717) is 28.4 Å². The molecule has 0 aromatic carbocycles. The van der Waals surface area contributed by atoms with E-state index in [0.717, 1.165) is 6.42 Å². The van der Waals surface area contributed by atoms with Gasteiger partial charge in [-0.05, 0) is 34.1 Å². The zero-order chi connectivity index (χ0) is 14.3. The molecule has 0 N–H and O–H groups in total. The Hall–Kier alpha value is -0.480. The van der Waals surface area contributed by atoms with Gasteiger partial charge in [0.1, 0.15) is 5.60 Å². The topological polar surface area (TPSA) is 35.5 Å². The fraction of sp³-hybridized carbons (Fsp3) is 0.812. The number of hydrogen-bond acceptors (Lipinski definition) is 4. The highest BCUT2D eigenvalue weighted by molar-refractivity contribution is 8.01. The van der Waals surface area contributed by atoms with Gasteiger partial charge in [-0.15, -0.1) is 0 Å². The van der Waals surface area contributed by atoms with Crippen molar-refractivity contribution in [2.24, 2.45) is 17.3 Å². The molecule has 0 aromatic heterocycles. The Kier molecular flexibility index (Phi) is 2.53. The van der Waals surface area contributed by atoms with Crippen LogP contribution < -0.4 is 0 Å². The first kappa shape index (κ1) is 13.2. The zero-order valence-corrected chi connectivity index (χ0v) is 13.3. The molecular formula is C16H22O3S. The minimum Gasteiger partial charge on any atom is -0.460 e. The third-order valence-corrected chi connectivity index (χ3v) is 7.18. The van der Waals surface area contributed by atoms with Crippen LogP contribution in [0.15, 0.2) is 12.2 Å². The Bertz CT molecular complexity index is 494. The van der Waals surface area contributed by atoms with Gasteiger partial charge in [0.2, 0.25) is 0 Å². The van der Waals surface area contributed by atoms with E-state index in [2.05, 4.69) is 19.1 Å². The number of carbonyl (C=O) groups excluding carboxylic acids is 1. The van der Waals surface area contributed by atoms with Crippen molar-refractivity contribution in [1.29, 1.82) is 0 Å². The molecule has 3 fully saturated rings. The van der Waals surface area contributed by atoms with Crippen LogP contribution in [-0.2, 0) is 14.3 Å². The molecule has 4 bridgehead atoms. The van der Waals surface area contributed by atoms with Crippen LogP contribution >= 0.6 is 11.8 Å². The second kappa shape index (κ2) is 3.83. The molecule has 0 aromatic rings. The SMILES string of the molecule is CC(C)(C)OC(=O)C1(C)CC2SC1C1C3C=CC(O3)C21. The first-order chi connectivity index (χ1) is 9.29. The first-order valence-corrected chi connectivity index (χ1v) is 8.47. The summed E-state index contributed by atoms with van der Waals surface area (Å²) >= 11 is 2.01. The Labute approximate surface area is 124 Å². The molecule has 4 heteroatoms. The van der Waals surface area contributed by atoms with Crippen molar-refractivity contribution >= 4 is 17.7 Å². The van der Waals surface area contributed by atoms with Crippen LogP contribution in [0, 0.1) is 17.3 Å². The molecular weight excluding hydrogens is 272 g/mol. The molecule has 0 saturated carbocycles. The highest BCUT2D eigenvalue weighted by Gasteiger charge is 2.69. The van der Waals surface area contributed by atoms with Gasteiger partial charge in [-0.25, -0.2) is 0 Å². The molecule has 7 atom stereocenters. The van der Waals surface area contributed by atoms with Gasteiger partial charge in [-0.3, -0.25) is 4.79 Å². The predicted octanol–water partition coefficient (Wildman–Crippen LogP) is 2.79. The van der Waals surface area contributed by atoms with Gasteiger partial charge in [0.25, 0.3) is 0 Å². The maximum absolute atomic E-state index is 12.7. The lowest BCUT2D eigenvalue weighted by Gasteiger charge is -2.40. The number of rotatable bonds is 1. The molecule has 110 valence electrons. The van der Waals surface area contributed by atoms with Crippen LogP contribution in [0.5, 0.6) is 0 Å². The number of thioether (sulfide) groups is 1. The van der Waals surface area contributed by atoms with E-state index in [1.807, 2.05) is 32.5 Å². The van der Waals surface area contributed by atoms with E-state index in [4.69, 9.17) is 9.47 Å².